The number of hydrogen-bond acceptors (Lipinski definition) is 1. The molecule has 1 heterocycles. The van der Waals surface area contributed by atoms with E-state index in [9.17, 15) is 4.79 Å². The van der Waals surface area contributed by atoms with E-state index in [2.05, 4.69) is 13.8 Å². The van der Waals surface area contributed by atoms with Gasteiger partial charge in [0.25, 0.3) is 0 Å². The van der Waals surface area contributed by atoms with Crippen LogP contribution in [-0.2, 0) is 4.79 Å². The molecule has 0 radical (unpaired) electrons. The molecule has 1 unspecified atom stereocenters. The zero-order valence-electron chi connectivity index (χ0n) is 9.35. The van der Waals surface area contributed by atoms with E-state index in [0.29, 0.717) is 5.88 Å². The molecule has 14 heavy (non-hydrogen) atoms. The Labute approximate surface area is 91.6 Å². The average Bonchev–Trinajstić information content (AvgIpc) is 2.14. The number of carbonyl (C=O) groups is 1. The third-order valence-corrected chi connectivity index (χ3v) is 3.33. The van der Waals surface area contributed by atoms with Crippen molar-refractivity contribution in [1.29, 1.82) is 0 Å². The lowest BCUT2D eigenvalue weighted by Gasteiger charge is -2.39. The number of nitrogens with zero attached hydrogens (tertiary/aromatic N) is 1. The van der Waals surface area contributed by atoms with Crippen LogP contribution in [0.3, 0.4) is 0 Å². The van der Waals surface area contributed by atoms with Crippen molar-refractivity contribution in [3.63, 3.8) is 0 Å². The van der Waals surface area contributed by atoms with Crippen LogP contribution in [0.25, 0.3) is 0 Å². The van der Waals surface area contributed by atoms with Crippen LogP contribution in [0.5, 0.6) is 0 Å². The van der Waals surface area contributed by atoms with E-state index in [1.54, 1.807) is 0 Å². The molecule has 1 amide bonds. The minimum Gasteiger partial charge on any atom is -0.342 e. The summed E-state index contributed by atoms with van der Waals surface area (Å²) in [4.78, 5) is 13.8. The van der Waals surface area contributed by atoms with Crippen LogP contribution in [-0.4, -0.2) is 29.8 Å². The quantitative estimate of drug-likeness (QED) is 0.651. The highest BCUT2D eigenvalue weighted by Crippen LogP contribution is 2.29. The summed E-state index contributed by atoms with van der Waals surface area (Å²) in [6, 6.07) is 0. The number of alkyl halides is 1. The number of halogens is 1. The fraction of sp³-hybridized carbons (Fsp3) is 0.909. The number of likely N-dealkylation sites (tertiary alicyclic amines) is 1. The van der Waals surface area contributed by atoms with E-state index in [1.165, 1.54) is 6.42 Å². The van der Waals surface area contributed by atoms with Gasteiger partial charge in [0.1, 0.15) is 0 Å². The van der Waals surface area contributed by atoms with Crippen molar-refractivity contribution >= 4 is 17.5 Å². The molecule has 82 valence electrons. The third-order valence-electron chi connectivity index (χ3n) is 2.87. The van der Waals surface area contributed by atoms with Gasteiger partial charge < -0.3 is 4.90 Å². The molecule has 0 spiro atoms. The molecular formula is C11H20ClNO. The monoisotopic (exact) mass is 217 g/mol. The maximum atomic E-state index is 11.9. The first-order valence-electron chi connectivity index (χ1n) is 5.31. The standard InChI is InChI=1S/C11H20ClNO/c1-9(7-12)10(14)13-6-4-5-11(2,3)8-13/h9H,4-8H2,1-3H3. The lowest BCUT2D eigenvalue weighted by atomic mass is 9.84. The van der Waals surface area contributed by atoms with Crippen LogP contribution < -0.4 is 0 Å². The molecular weight excluding hydrogens is 198 g/mol. The van der Waals surface area contributed by atoms with E-state index in [0.717, 1.165) is 19.5 Å². The van der Waals surface area contributed by atoms with Gasteiger partial charge in [0.2, 0.25) is 5.91 Å². The predicted molar refractivity (Wildman–Crippen MR) is 59.5 cm³/mol. The van der Waals surface area contributed by atoms with Gasteiger partial charge in [0, 0.05) is 24.9 Å². The topological polar surface area (TPSA) is 20.3 Å². The maximum absolute atomic E-state index is 11.9. The van der Waals surface area contributed by atoms with Gasteiger partial charge in [-0.3, -0.25) is 4.79 Å². The molecule has 1 atom stereocenters. The Morgan fingerprint density at radius 3 is 2.71 bits per heavy atom. The lowest BCUT2D eigenvalue weighted by Crippen LogP contribution is -2.45. The number of rotatable bonds is 2. The molecule has 0 aromatic carbocycles. The first-order valence-corrected chi connectivity index (χ1v) is 5.84. The summed E-state index contributed by atoms with van der Waals surface area (Å²) < 4.78 is 0. The second kappa shape index (κ2) is 4.52. The summed E-state index contributed by atoms with van der Waals surface area (Å²) in [6.07, 6.45) is 2.33. The summed E-state index contributed by atoms with van der Waals surface area (Å²) >= 11 is 5.69. The van der Waals surface area contributed by atoms with Gasteiger partial charge in [-0.1, -0.05) is 20.8 Å². The van der Waals surface area contributed by atoms with Gasteiger partial charge in [-0.15, -0.1) is 11.6 Å². The van der Waals surface area contributed by atoms with E-state index >= 15 is 0 Å². The molecule has 1 saturated heterocycles. The highest BCUT2D eigenvalue weighted by Gasteiger charge is 2.30. The molecule has 1 fully saturated rings. The molecule has 1 aliphatic rings. The molecule has 2 nitrogen and oxygen atoms in total. The first-order chi connectivity index (χ1) is 6.46. The van der Waals surface area contributed by atoms with Crippen LogP contribution >= 0.6 is 11.6 Å². The molecule has 0 aliphatic carbocycles. The number of amides is 1. The van der Waals surface area contributed by atoms with Gasteiger partial charge in [-0.05, 0) is 18.3 Å². The third kappa shape index (κ3) is 2.88. The zero-order valence-corrected chi connectivity index (χ0v) is 10.1. The van der Waals surface area contributed by atoms with Crippen molar-refractivity contribution in [2.75, 3.05) is 19.0 Å². The molecule has 0 aromatic heterocycles. The average molecular weight is 218 g/mol. The van der Waals surface area contributed by atoms with Crippen LogP contribution in [0, 0.1) is 11.3 Å². The van der Waals surface area contributed by atoms with Crippen molar-refractivity contribution in [1.82, 2.24) is 4.90 Å². The summed E-state index contributed by atoms with van der Waals surface area (Å²) in [7, 11) is 0. The van der Waals surface area contributed by atoms with Gasteiger partial charge in [0.15, 0.2) is 0 Å². The largest absolute Gasteiger partial charge is 0.342 e. The summed E-state index contributed by atoms with van der Waals surface area (Å²) in [5, 5.41) is 0. The molecule has 0 aromatic rings. The Morgan fingerprint density at radius 1 is 1.57 bits per heavy atom. The Morgan fingerprint density at radius 2 is 2.21 bits per heavy atom. The van der Waals surface area contributed by atoms with Crippen molar-refractivity contribution in [3.05, 3.63) is 0 Å². The highest BCUT2D eigenvalue weighted by atomic mass is 35.5. The molecule has 1 aliphatic heterocycles. The summed E-state index contributed by atoms with van der Waals surface area (Å²) in [5.74, 6) is 0.605. The van der Waals surface area contributed by atoms with Crippen molar-refractivity contribution in [3.8, 4) is 0 Å². The van der Waals surface area contributed by atoms with Gasteiger partial charge in [-0.25, -0.2) is 0 Å². The molecule has 0 bridgehead atoms. The predicted octanol–water partition coefficient (Wildman–Crippen LogP) is 2.51. The van der Waals surface area contributed by atoms with Gasteiger partial charge in [-0.2, -0.15) is 0 Å². The van der Waals surface area contributed by atoms with Crippen LogP contribution in [0.4, 0.5) is 0 Å². The maximum Gasteiger partial charge on any atom is 0.226 e. The number of carbonyl (C=O) groups excluding carboxylic acids is 1. The van der Waals surface area contributed by atoms with E-state index in [4.69, 9.17) is 11.6 Å². The zero-order chi connectivity index (χ0) is 10.8. The molecule has 0 N–H and O–H groups in total. The molecule has 0 saturated carbocycles. The summed E-state index contributed by atoms with van der Waals surface area (Å²) in [6.45, 7) is 8.13. The van der Waals surface area contributed by atoms with Crippen LogP contribution in [0.15, 0.2) is 0 Å². The number of hydrogen-bond donors (Lipinski definition) is 0. The first kappa shape index (κ1) is 11.8. The molecule has 1 rings (SSSR count). The van der Waals surface area contributed by atoms with Crippen molar-refractivity contribution in [2.24, 2.45) is 11.3 Å². The van der Waals surface area contributed by atoms with E-state index < -0.39 is 0 Å². The van der Waals surface area contributed by atoms with E-state index in [1.807, 2.05) is 11.8 Å². The Hall–Kier alpha value is -0.240. The van der Waals surface area contributed by atoms with Crippen molar-refractivity contribution in [2.45, 2.75) is 33.6 Å². The second-order valence-corrected chi connectivity index (χ2v) is 5.39. The fourth-order valence-corrected chi connectivity index (χ4v) is 2.12. The Bertz CT molecular complexity index is 215. The highest BCUT2D eigenvalue weighted by molar-refractivity contribution is 6.19. The minimum atomic E-state index is -0.0365. The van der Waals surface area contributed by atoms with Crippen molar-refractivity contribution < 1.29 is 4.79 Å². The smallest absolute Gasteiger partial charge is 0.226 e. The van der Waals surface area contributed by atoms with Gasteiger partial charge in [0.05, 0.1) is 0 Å². The Kier molecular flexibility index (Phi) is 3.82. The fourth-order valence-electron chi connectivity index (χ4n) is 1.99. The number of piperidine rings is 1. The van der Waals surface area contributed by atoms with Crippen LogP contribution in [0.2, 0.25) is 0 Å². The lowest BCUT2D eigenvalue weighted by molar-refractivity contribution is -0.137. The molecule has 3 heteroatoms. The normalized spacial score (nSPS) is 23.3. The van der Waals surface area contributed by atoms with E-state index in [-0.39, 0.29) is 17.2 Å². The Balaban J connectivity index is 2.56. The minimum absolute atomic E-state index is 0.0365. The van der Waals surface area contributed by atoms with Crippen LogP contribution in [0.1, 0.15) is 33.6 Å². The summed E-state index contributed by atoms with van der Waals surface area (Å²) in [5.41, 5.74) is 0.278. The second-order valence-electron chi connectivity index (χ2n) is 5.08. The SMILES string of the molecule is CC(CCl)C(=O)N1CCCC(C)(C)C1. The van der Waals surface area contributed by atoms with Gasteiger partial charge >= 0.3 is 0 Å².